The number of hydrogen-bond acceptors (Lipinski definition) is 5. The molecule has 0 N–H and O–H groups in total. The van der Waals surface area contributed by atoms with Crippen molar-refractivity contribution in [2.45, 2.75) is 26.1 Å². The molecule has 0 bridgehead atoms. The number of aromatic nitrogens is 2. The van der Waals surface area contributed by atoms with Gasteiger partial charge in [0.05, 0.1) is 26.3 Å². The van der Waals surface area contributed by atoms with Crippen LogP contribution in [0.3, 0.4) is 0 Å². The molecule has 2 fully saturated rings. The standard InChI is InChI=1S/C22H25Cl2N6O3/c1-14-12-29-18-19(25-21(29)28(14)6-5-27-7-9-33-10-8-27)26(2)22(32)30(20(18)31)13-15-3-4-16(23)11-17(15)24/h3-4,11-12,18H,5-10,13H2,1-2H3/q+1. The van der Waals surface area contributed by atoms with Gasteiger partial charge in [0.2, 0.25) is 11.9 Å². The third kappa shape index (κ3) is 3.93. The average Bonchev–Trinajstić information content (AvgIpc) is 3.30. The first kappa shape index (κ1) is 22.3. The van der Waals surface area contributed by atoms with E-state index in [1.54, 1.807) is 25.2 Å². The Kier molecular flexibility index (Phi) is 5.90. The summed E-state index contributed by atoms with van der Waals surface area (Å²) in [7, 11) is 1.65. The van der Waals surface area contributed by atoms with Gasteiger partial charge in [-0.25, -0.2) is 13.9 Å². The van der Waals surface area contributed by atoms with Crippen molar-refractivity contribution in [1.29, 1.82) is 0 Å². The van der Waals surface area contributed by atoms with Crippen LogP contribution in [0.2, 0.25) is 10.0 Å². The minimum Gasteiger partial charge on any atom is -0.379 e. The Labute approximate surface area is 201 Å². The molecule has 11 heteroatoms. The highest BCUT2D eigenvalue weighted by atomic mass is 35.5. The number of amidine groups is 1. The molecule has 4 heterocycles. The number of imide groups is 1. The molecule has 1 aromatic heterocycles. The van der Waals surface area contributed by atoms with Gasteiger partial charge in [-0.15, -0.1) is 0 Å². The lowest BCUT2D eigenvalue weighted by Crippen LogP contribution is -2.62. The van der Waals surface area contributed by atoms with Crippen molar-refractivity contribution < 1.29 is 18.9 Å². The second kappa shape index (κ2) is 8.72. The van der Waals surface area contributed by atoms with Crippen LogP contribution in [0, 0.1) is 6.92 Å². The summed E-state index contributed by atoms with van der Waals surface area (Å²) in [6.45, 7) is 6.99. The Morgan fingerprint density at radius 2 is 1.94 bits per heavy atom. The van der Waals surface area contributed by atoms with Crippen molar-refractivity contribution in [1.82, 2.24) is 19.3 Å². The summed E-state index contributed by atoms with van der Waals surface area (Å²) in [6.07, 6.45) is 1.94. The number of aryl methyl sites for hydroxylation is 1. The van der Waals surface area contributed by atoms with E-state index in [1.807, 2.05) is 17.7 Å². The van der Waals surface area contributed by atoms with Crippen LogP contribution in [0.5, 0.6) is 0 Å². The third-order valence-corrected chi connectivity index (χ3v) is 7.00. The molecule has 1 aromatic carbocycles. The lowest BCUT2D eigenvalue weighted by Gasteiger charge is -2.33. The van der Waals surface area contributed by atoms with E-state index in [9.17, 15) is 9.59 Å². The van der Waals surface area contributed by atoms with Crippen molar-refractivity contribution in [3.05, 3.63) is 45.7 Å². The molecule has 0 spiro atoms. The van der Waals surface area contributed by atoms with Gasteiger partial charge in [-0.3, -0.25) is 19.5 Å². The van der Waals surface area contributed by atoms with E-state index in [1.165, 1.54) is 9.80 Å². The molecule has 0 aliphatic carbocycles. The van der Waals surface area contributed by atoms with Gasteiger partial charge in [0.1, 0.15) is 11.9 Å². The highest BCUT2D eigenvalue weighted by molar-refractivity contribution is 6.35. The molecule has 1 atom stereocenters. The Hall–Kier alpha value is -2.46. The van der Waals surface area contributed by atoms with Crippen LogP contribution in [0.4, 0.5) is 10.7 Å². The van der Waals surface area contributed by atoms with Gasteiger partial charge in [0, 0.05) is 36.7 Å². The minimum absolute atomic E-state index is 0.0639. The number of ether oxygens (including phenoxy) is 1. The molecular weight excluding hydrogens is 467 g/mol. The summed E-state index contributed by atoms with van der Waals surface area (Å²) in [5.41, 5.74) is 1.67. The Bertz CT molecular complexity index is 1160. The Morgan fingerprint density at radius 1 is 1.18 bits per heavy atom. The third-order valence-electron chi connectivity index (χ3n) is 6.41. The average molecular weight is 492 g/mol. The largest absolute Gasteiger partial charge is 0.401 e. The normalized spacial score (nSPS) is 20.8. The molecule has 174 valence electrons. The Balaban J connectivity index is 1.42. The van der Waals surface area contributed by atoms with Crippen LogP contribution in [-0.2, 0) is 22.6 Å². The van der Waals surface area contributed by atoms with Gasteiger partial charge in [-0.2, -0.15) is 0 Å². The quantitative estimate of drug-likeness (QED) is 0.601. The number of likely N-dealkylation sites (N-methyl/N-ethyl adjacent to an activating group) is 1. The summed E-state index contributed by atoms with van der Waals surface area (Å²) >= 11 is 12.3. The van der Waals surface area contributed by atoms with Gasteiger partial charge in [-0.1, -0.05) is 34.3 Å². The molecule has 3 amide bonds. The van der Waals surface area contributed by atoms with Crippen LogP contribution in [0.25, 0.3) is 0 Å². The number of benzene rings is 1. The molecule has 5 rings (SSSR count). The molecule has 1 unspecified atom stereocenters. The summed E-state index contributed by atoms with van der Waals surface area (Å²) in [6, 6.07) is 3.92. The maximum Gasteiger partial charge on any atom is 0.401 e. The highest BCUT2D eigenvalue weighted by Crippen LogP contribution is 2.31. The highest BCUT2D eigenvalue weighted by Gasteiger charge is 2.53. The van der Waals surface area contributed by atoms with Crippen LogP contribution < -0.4 is 4.57 Å². The van der Waals surface area contributed by atoms with Crippen LogP contribution >= 0.6 is 23.2 Å². The van der Waals surface area contributed by atoms with Gasteiger partial charge in [-0.05, 0) is 24.6 Å². The van der Waals surface area contributed by atoms with Crippen molar-refractivity contribution >= 4 is 46.9 Å². The molecule has 3 aliphatic heterocycles. The first-order chi connectivity index (χ1) is 15.8. The number of carbonyl (C=O) groups excluding carboxylic acids is 2. The zero-order chi connectivity index (χ0) is 23.3. The second-order valence-electron chi connectivity index (χ2n) is 8.46. The van der Waals surface area contributed by atoms with Crippen molar-refractivity contribution in [3.63, 3.8) is 0 Å². The number of amides is 3. The molecule has 9 nitrogen and oxygen atoms in total. The fourth-order valence-corrected chi connectivity index (χ4v) is 5.01. The fourth-order valence-electron chi connectivity index (χ4n) is 4.54. The lowest BCUT2D eigenvalue weighted by molar-refractivity contribution is -0.677. The van der Waals surface area contributed by atoms with Gasteiger partial charge in [0.25, 0.3) is 5.91 Å². The van der Waals surface area contributed by atoms with E-state index in [-0.39, 0.29) is 12.5 Å². The number of rotatable bonds is 5. The molecule has 3 aliphatic rings. The maximum atomic E-state index is 13.5. The van der Waals surface area contributed by atoms with Crippen molar-refractivity contribution in [2.24, 2.45) is 4.99 Å². The molecule has 0 radical (unpaired) electrons. The van der Waals surface area contributed by atoms with E-state index >= 15 is 0 Å². The summed E-state index contributed by atoms with van der Waals surface area (Å²) in [5.74, 6) is 0.802. The first-order valence-electron chi connectivity index (χ1n) is 10.9. The maximum absolute atomic E-state index is 13.5. The van der Waals surface area contributed by atoms with Gasteiger partial charge >= 0.3 is 12.0 Å². The zero-order valence-electron chi connectivity index (χ0n) is 18.5. The predicted octanol–water partition coefficient (Wildman–Crippen LogP) is 2.40. The van der Waals surface area contributed by atoms with Gasteiger partial charge < -0.3 is 4.74 Å². The van der Waals surface area contributed by atoms with E-state index in [0.29, 0.717) is 27.4 Å². The lowest BCUT2D eigenvalue weighted by atomic mass is 10.1. The number of imidazole rings is 1. The van der Waals surface area contributed by atoms with Crippen molar-refractivity contribution in [2.75, 3.05) is 39.9 Å². The molecule has 2 saturated heterocycles. The Morgan fingerprint density at radius 3 is 2.67 bits per heavy atom. The van der Waals surface area contributed by atoms with Crippen LogP contribution in [-0.4, -0.2) is 76.9 Å². The SMILES string of the molecule is Cc1c[n+]2c(n1CCN1CCOCC1)N=C1C2C(=O)N(Cc2ccc(Cl)cc2Cl)C(=O)N1C. The number of halogens is 2. The van der Waals surface area contributed by atoms with E-state index < -0.39 is 12.1 Å². The van der Waals surface area contributed by atoms with E-state index in [2.05, 4.69) is 9.47 Å². The molecule has 2 aromatic rings. The molecule has 33 heavy (non-hydrogen) atoms. The van der Waals surface area contributed by atoms with E-state index in [0.717, 1.165) is 45.1 Å². The molecule has 0 saturated carbocycles. The van der Waals surface area contributed by atoms with Crippen LogP contribution in [0.1, 0.15) is 17.3 Å². The number of carbonyl (C=O) groups is 2. The number of hydrogen-bond donors (Lipinski definition) is 0. The number of nitrogens with zero attached hydrogens (tertiary/aromatic N) is 6. The number of aliphatic imine (C=N–C) groups is 1. The summed E-state index contributed by atoms with van der Waals surface area (Å²) in [4.78, 5) is 36.3. The first-order valence-corrected chi connectivity index (χ1v) is 11.6. The monoisotopic (exact) mass is 491 g/mol. The molecular formula is C22H25Cl2N6O3+. The number of fused-ring (bicyclic) bond motifs is 3. The predicted molar refractivity (Wildman–Crippen MR) is 123 cm³/mol. The van der Waals surface area contributed by atoms with E-state index in [4.69, 9.17) is 32.9 Å². The van der Waals surface area contributed by atoms with Crippen molar-refractivity contribution in [3.8, 4) is 0 Å². The van der Waals surface area contributed by atoms with Gasteiger partial charge in [0.15, 0.2) is 0 Å². The fraction of sp³-hybridized carbons (Fsp3) is 0.455. The minimum atomic E-state index is -0.683. The summed E-state index contributed by atoms with van der Waals surface area (Å²) < 4.78 is 9.40. The zero-order valence-corrected chi connectivity index (χ0v) is 20.0. The number of urea groups is 1. The van der Waals surface area contributed by atoms with Crippen LogP contribution in [0.15, 0.2) is 29.4 Å². The smallest absolute Gasteiger partial charge is 0.379 e. The topological polar surface area (TPSA) is 74.3 Å². The second-order valence-corrected chi connectivity index (χ2v) is 9.30. The summed E-state index contributed by atoms with van der Waals surface area (Å²) in [5, 5.41) is 0.909. The number of morpholine rings is 1.